The summed E-state index contributed by atoms with van der Waals surface area (Å²) in [6.45, 7) is 3.90. The molecule has 3 aromatic rings. The number of ether oxygens (including phenoxy) is 2. The third kappa shape index (κ3) is 9.72. The van der Waals surface area contributed by atoms with Crippen LogP contribution in [-0.2, 0) is 9.59 Å². The number of halogens is 2. The van der Waals surface area contributed by atoms with E-state index >= 15 is 0 Å². The third-order valence-corrected chi connectivity index (χ3v) is 7.23. The molecule has 1 heterocycles. The van der Waals surface area contributed by atoms with Gasteiger partial charge >= 0.3 is 0 Å². The van der Waals surface area contributed by atoms with E-state index in [-0.39, 0.29) is 23.1 Å². The molecule has 7 nitrogen and oxygen atoms in total. The number of rotatable bonds is 16. The van der Waals surface area contributed by atoms with Crippen LogP contribution in [0.4, 0.5) is 0 Å². The molecule has 0 amide bonds. The van der Waals surface area contributed by atoms with E-state index in [0.717, 1.165) is 80.9 Å². The van der Waals surface area contributed by atoms with E-state index in [0.29, 0.717) is 26.1 Å². The van der Waals surface area contributed by atoms with Gasteiger partial charge < -0.3 is 24.1 Å². The molecule has 39 heavy (non-hydrogen) atoms. The number of carbonyl (C=O) groups excluding carboxylic acids is 2. The van der Waals surface area contributed by atoms with Crippen LogP contribution in [0.5, 0.6) is 11.5 Å². The molecule has 0 unspecified atom stereocenters. The molecule has 0 saturated heterocycles. The highest BCUT2D eigenvalue weighted by Gasteiger charge is 2.15. The molecule has 0 bridgehead atoms. The first-order valence-electron chi connectivity index (χ1n) is 13.0. The summed E-state index contributed by atoms with van der Waals surface area (Å²) in [5, 5.41) is 21.2. The second-order valence-electron chi connectivity index (χ2n) is 9.47. The third-order valence-electron chi connectivity index (χ3n) is 5.99. The van der Waals surface area contributed by atoms with Crippen LogP contribution >= 0.6 is 31.9 Å². The fraction of sp³-hybridized carbons (Fsp3) is 0.400. The Morgan fingerprint density at radius 2 is 1.13 bits per heavy atom. The van der Waals surface area contributed by atoms with Gasteiger partial charge in [0.25, 0.3) is 0 Å². The minimum absolute atomic E-state index is 0.122. The van der Waals surface area contributed by atoms with Gasteiger partial charge in [-0.25, -0.2) is 0 Å². The van der Waals surface area contributed by atoms with Crippen molar-refractivity contribution in [1.82, 2.24) is 0 Å². The maximum atomic E-state index is 11.0. The van der Waals surface area contributed by atoms with Crippen LogP contribution in [0, 0.1) is 0 Å². The topological polar surface area (TPSA) is 106 Å². The zero-order chi connectivity index (χ0) is 28.4. The predicted octanol–water partition coefficient (Wildman–Crippen LogP) is 9.05. The molecule has 0 radical (unpaired) electrons. The number of hydrogen-bond donors (Lipinski definition) is 2. The van der Waals surface area contributed by atoms with Gasteiger partial charge in [-0.2, -0.15) is 0 Å². The van der Waals surface area contributed by atoms with Crippen molar-refractivity contribution in [3.63, 3.8) is 0 Å². The lowest BCUT2D eigenvalue weighted by Gasteiger charge is -2.09. The monoisotopic (exact) mass is 664 g/mol. The number of ketones is 2. The number of carbonyl (C=O) groups is 2. The molecule has 3 rings (SSSR count). The molecular formula is C30H34Br2O7. The lowest BCUT2D eigenvalue weighted by Crippen LogP contribution is -1.99. The molecule has 2 aromatic carbocycles. The van der Waals surface area contributed by atoms with Crippen molar-refractivity contribution in [2.24, 2.45) is 0 Å². The second-order valence-corrected chi connectivity index (χ2v) is 11.2. The van der Waals surface area contributed by atoms with Gasteiger partial charge in [-0.1, -0.05) is 0 Å². The van der Waals surface area contributed by atoms with Crippen molar-refractivity contribution >= 4 is 65.4 Å². The average molecular weight is 666 g/mol. The summed E-state index contributed by atoms with van der Waals surface area (Å²) in [4.78, 5) is 22.0. The number of aliphatic hydroxyl groups excluding tert-OH is 2. The summed E-state index contributed by atoms with van der Waals surface area (Å²) in [5.41, 5.74) is 1.47. The van der Waals surface area contributed by atoms with Gasteiger partial charge in [0, 0.05) is 35.8 Å². The number of fused-ring (bicyclic) bond motifs is 3. The molecule has 2 N–H and O–H groups in total. The zero-order valence-corrected chi connectivity index (χ0v) is 25.4. The van der Waals surface area contributed by atoms with E-state index in [9.17, 15) is 19.8 Å². The number of hydrogen-bond acceptors (Lipinski definition) is 7. The molecule has 0 spiro atoms. The van der Waals surface area contributed by atoms with Crippen LogP contribution in [0.1, 0.15) is 65.2 Å². The van der Waals surface area contributed by atoms with Crippen LogP contribution in [0.25, 0.3) is 21.9 Å². The van der Waals surface area contributed by atoms with E-state index in [1.165, 1.54) is 26.0 Å². The van der Waals surface area contributed by atoms with E-state index in [2.05, 4.69) is 31.9 Å². The Hall–Kier alpha value is -2.78. The van der Waals surface area contributed by atoms with E-state index < -0.39 is 0 Å². The summed E-state index contributed by atoms with van der Waals surface area (Å²) in [6.07, 6.45) is 8.44. The van der Waals surface area contributed by atoms with E-state index in [1.807, 2.05) is 24.3 Å². The van der Waals surface area contributed by atoms with E-state index in [4.69, 9.17) is 13.9 Å². The standard InChI is InChI=1S/C30H34Br2O7/c1-19(33)13-21(35)9-5-3-7-11-37-29-15-23-24-16-30(26(32)18-28(24)39-27(23)17-25(29)31)38-12-8-4-6-10-22(36)14-20(2)34/h13-18,35-36H,3-12H2,1-2H3/b21-13-,22-14?. The van der Waals surface area contributed by atoms with Gasteiger partial charge in [0.2, 0.25) is 0 Å². The van der Waals surface area contributed by atoms with Crippen LogP contribution in [0.15, 0.2) is 61.3 Å². The van der Waals surface area contributed by atoms with Crippen molar-refractivity contribution in [1.29, 1.82) is 0 Å². The summed E-state index contributed by atoms with van der Waals surface area (Å²) in [7, 11) is 0. The predicted molar refractivity (Wildman–Crippen MR) is 160 cm³/mol. The van der Waals surface area contributed by atoms with Gasteiger partial charge in [0.1, 0.15) is 22.7 Å². The Balaban J connectivity index is 1.57. The quantitative estimate of drug-likeness (QED) is 0.0893. The summed E-state index contributed by atoms with van der Waals surface area (Å²) < 4.78 is 19.7. The number of unbranched alkanes of at least 4 members (excludes halogenated alkanes) is 4. The number of furan rings is 1. The first kappa shape index (κ1) is 30.8. The minimum atomic E-state index is -0.151. The smallest absolute Gasteiger partial charge is 0.155 e. The second kappa shape index (κ2) is 15.1. The van der Waals surface area contributed by atoms with Crippen LogP contribution in [0.2, 0.25) is 0 Å². The Morgan fingerprint density at radius 3 is 1.51 bits per heavy atom. The molecule has 0 aliphatic rings. The SMILES string of the molecule is CC(=O)C=C(O)CCCCCOc1cc2c(cc1Br)oc1cc(Br)c(OCCCCC/C(O)=C/C(C)=O)cc12. The molecular weight excluding hydrogens is 632 g/mol. The zero-order valence-electron chi connectivity index (χ0n) is 22.2. The summed E-state index contributed by atoms with van der Waals surface area (Å²) >= 11 is 7.15. The van der Waals surface area contributed by atoms with E-state index in [1.54, 1.807) is 0 Å². The van der Waals surface area contributed by atoms with Gasteiger partial charge in [0.15, 0.2) is 11.6 Å². The van der Waals surface area contributed by atoms with Crippen molar-refractivity contribution in [2.45, 2.75) is 65.2 Å². The number of allylic oxidation sites excluding steroid dienone is 4. The largest absolute Gasteiger partial charge is 0.512 e. The van der Waals surface area contributed by atoms with Crippen molar-refractivity contribution in [2.75, 3.05) is 13.2 Å². The van der Waals surface area contributed by atoms with Gasteiger partial charge in [0.05, 0.1) is 33.7 Å². The Labute approximate surface area is 245 Å². The number of aliphatic hydroxyl groups is 2. The van der Waals surface area contributed by atoms with Gasteiger partial charge in [-0.05, 0) is 108 Å². The molecule has 210 valence electrons. The molecule has 0 saturated carbocycles. The molecule has 0 fully saturated rings. The molecule has 0 aliphatic heterocycles. The Kier molecular flexibility index (Phi) is 11.9. The highest BCUT2D eigenvalue weighted by molar-refractivity contribution is 9.11. The van der Waals surface area contributed by atoms with Crippen molar-refractivity contribution in [3.8, 4) is 11.5 Å². The van der Waals surface area contributed by atoms with Crippen molar-refractivity contribution in [3.05, 3.63) is 56.9 Å². The summed E-state index contributed by atoms with van der Waals surface area (Å²) in [5.74, 6) is 1.38. The maximum Gasteiger partial charge on any atom is 0.155 e. The normalized spacial score (nSPS) is 12.3. The molecule has 9 heteroatoms. The maximum absolute atomic E-state index is 11.0. The van der Waals surface area contributed by atoms with Crippen LogP contribution in [-0.4, -0.2) is 35.0 Å². The molecule has 0 atom stereocenters. The fourth-order valence-corrected chi connectivity index (χ4v) is 5.02. The Morgan fingerprint density at radius 1 is 0.718 bits per heavy atom. The Bertz CT molecular complexity index is 1270. The fourth-order valence-electron chi connectivity index (χ4n) is 4.15. The first-order valence-corrected chi connectivity index (χ1v) is 14.6. The lowest BCUT2D eigenvalue weighted by molar-refractivity contribution is -0.113. The lowest BCUT2D eigenvalue weighted by atomic mass is 10.1. The summed E-state index contributed by atoms with van der Waals surface area (Å²) in [6, 6.07) is 7.73. The van der Waals surface area contributed by atoms with Gasteiger partial charge in [-0.15, -0.1) is 0 Å². The van der Waals surface area contributed by atoms with Crippen LogP contribution in [0.3, 0.4) is 0 Å². The molecule has 1 aromatic heterocycles. The highest BCUT2D eigenvalue weighted by atomic mass is 79.9. The van der Waals surface area contributed by atoms with Crippen LogP contribution < -0.4 is 9.47 Å². The highest BCUT2D eigenvalue weighted by Crippen LogP contribution is 2.40. The average Bonchev–Trinajstić information content (AvgIpc) is 3.18. The van der Waals surface area contributed by atoms with Gasteiger partial charge in [-0.3, -0.25) is 9.59 Å². The van der Waals surface area contributed by atoms with Crippen molar-refractivity contribution < 1.29 is 33.7 Å². The number of benzene rings is 2. The first-order chi connectivity index (χ1) is 18.6. The minimum Gasteiger partial charge on any atom is -0.512 e. The molecule has 0 aliphatic carbocycles.